The molecule has 2 amide bonds. The molecule has 5 atom stereocenters. The van der Waals surface area contributed by atoms with Crippen molar-refractivity contribution in [1.29, 1.82) is 0 Å². The zero-order valence-electron chi connectivity index (χ0n) is 24.3. The van der Waals surface area contributed by atoms with Gasteiger partial charge in [0.15, 0.2) is 17.1 Å². The number of likely N-dealkylation sites (N-methyl/N-ethyl adjacent to an activating group) is 1. The Morgan fingerprint density at radius 3 is 2.26 bits per heavy atom. The molecule has 43 heavy (non-hydrogen) atoms. The summed E-state index contributed by atoms with van der Waals surface area (Å²) in [5.41, 5.74) is 1.74. The lowest BCUT2D eigenvalue weighted by molar-refractivity contribution is -0.148. The number of primary amides is 1. The predicted molar refractivity (Wildman–Crippen MR) is 162 cm³/mol. The number of nitrogens with two attached hydrogens (primary N) is 1. The number of carbonyl (C=O) groups is 4. The average molecular weight is 682 g/mol. The monoisotopic (exact) mass is 680 g/mol. The Morgan fingerprint density at radius 1 is 1.14 bits per heavy atom. The fourth-order valence-electron chi connectivity index (χ4n) is 6.96. The van der Waals surface area contributed by atoms with E-state index in [2.05, 4.69) is 21.2 Å². The number of phenols is 1. The van der Waals surface area contributed by atoms with E-state index in [-0.39, 0.29) is 40.6 Å². The van der Waals surface area contributed by atoms with Crippen LogP contribution < -0.4 is 16.0 Å². The topological polar surface area (TPSA) is 194 Å². The maximum atomic E-state index is 14.2. The summed E-state index contributed by atoms with van der Waals surface area (Å²) in [4.78, 5) is 56.3. The molecule has 0 aliphatic heterocycles. The third-order valence-corrected chi connectivity index (χ3v) is 10.7. The van der Waals surface area contributed by atoms with E-state index < -0.39 is 74.0 Å². The van der Waals surface area contributed by atoms with Crippen LogP contribution in [0.2, 0.25) is 5.02 Å². The van der Waals surface area contributed by atoms with Crippen LogP contribution in [-0.4, -0.2) is 92.9 Å². The number of nitrogens with zero attached hydrogens (tertiary/aromatic N) is 2. The number of aliphatic hydroxyl groups is 3. The number of hydrogen-bond acceptors (Lipinski definition) is 10. The van der Waals surface area contributed by atoms with Gasteiger partial charge in [-0.3, -0.25) is 24.1 Å². The predicted octanol–water partition coefficient (Wildman–Crippen LogP) is 2.34. The summed E-state index contributed by atoms with van der Waals surface area (Å²) in [7, 11) is 6.50. The number of nitrogens with one attached hydrogen (secondary N) is 1. The number of halogens is 2. The van der Waals surface area contributed by atoms with Gasteiger partial charge < -0.3 is 36.4 Å². The van der Waals surface area contributed by atoms with Crippen molar-refractivity contribution in [3.63, 3.8) is 0 Å². The molecule has 0 bridgehead atoms. The van der Waals surface area contributed by atoms with E-state index in [0.29, 0.717) is 11.3 Å². The van der Waals surface area contributed by atoms with Crippen LogP contribution >= 0.6 is 27.5 Å². The summed E-state index contributed by atoms with van der Waals surface area (Å²) in [6.07, 6.45) is 1.69. The molecule has 1 fully saturated rings. The molecule has 3 unspecified atom stereocenters. The first-order valence-electron chi connectivity index (χ1n) is 13.8. The molecule has 1 aromatic carbocycles. The molecule has 14 heteroatoms. The van der Waals surface area contributed by atoms with Crippen molar-refractivity contribution >= 4 is 62.3 Å². The van der Waals surface area contributed by atoms with Crippen molar-refractivity contribution in [2.24, 2.45) is 23.5 Å². The highest BCUT2D eigenvalue weighted by Gasteiger charge is 2.63. The van der Waals surface area contributed by atoms with Gasteiger partial charge in [-0.2, -0.15) is 0 Å². The molecular formula is C29H34BrClN4O8. The van der Waals surface area contributed by atoms with Crippen molar-refractivity contribution in [3.05, 3.63) is 38.8 Å². The van der Waals surface area contributed by atoms with Crippen molar-refractivity contribution in [2.45, 2.75) is 48.6 Å². The van der Waals surface area contributed by atoms with Crippen LogP contribution in [0.4, 0.5) is 11.4 Å². The Labute approximate surface area is 261 Å². The zero-order valence-corrected chi connectivity index (χ0v) is 26.6. The Kier molecular flexibility index (Phi) is 7.44. The van der Waals surface area contributed by atoms with Crippen LogP contribution in [0.3, 0.4) is 0 Å². The molecule has 0 spiro atoms. The highest BCUT2D eigenvalue weighted by Crippen LogP contribution is 2.56. The van der Waals surface area contributed by atoms with E-state index in [1.165, 1.54) is 4.90 Å². The van der Waals surface area contributed by atoms with E-state index >= 15 is 0 Å². The van der Waals surface area contributed by atoms with Crippen LogP contribution in [0.5, 0.6) is 5.75 Å². The van der Waals surface area contributed by atoms with E-state index in [9.17, 15) is 39.6 Å². The van der Waals surface area contributed by atoms with Crippen LogP contribution in [0.1, 0.15) is 42.1 Å². The van der Waals surface area contributed by atoms with Gasteiger partial charge in [0.2, 0.25) is 11.7 Å². The molecular weight excluding hydrogens is 648 g/mol. The van der Waals surface area contributed by atoms with Gasteiger partial charge in [0, 0.05) is 25.6 Å². The lowest BCUT2D eigenvalue weighted by Gasteiger charge is -2.50. The standard InChI is InChI=1S/C29H34BrClN4O8/c1-28(30,11-6-7-11)27(42)33-18-17(31)19(34(2)3)12-8-10-9-13-20(35(4)5)23(38)16(26(32)41)25(40)29(13,43)24(39)14(10)21(36)15(12)22(18)37/h10-11,13,20,37-39,43H,6-9H2,1-5H3,(H2,32,41)(H,33,42)/t10?,13?,20-,28?,29-/m0/s1. The average Bonchev–Trinajstić information content (AvgIpc) is 3.74. The van der Waals surface area contributed by atoms with Gasteiger partial charge >= 0.3 is 0 Å². The summed E-state index contributed by atoms with van der Waals surface area (Å²) in [6, 6.07) is -1.10. The minimum absolute atomic E-state index is 0.0103. The zero-order chi connectivity index (χ0) is 32.1. The number of hydrogen-bond donors (Lipinski definition) is 6. The molecule has 4 aliphatic carbocycles. The van der Waals surface area contributed by atoms with Gasteiger partial charge in [-0.15, -0.1) is 0 Å². The smallest absolute Gasteiger partial charge is 0.255 e. The lowest BCUT2D eigenvalue weighted by Crippen LogP contribution is -2.63. The number of phenolic OH excluding ortho intramolecular Hbond substituents is 1. The number of amides is 2. The second kappa shape index (κ2) is 10.2. The number of benzene rings is 1. The molecule has 0 aromatic heterocycles. The number of aromatic hydroxyl groups is 1. The second-order valence-corrected chi connectivity index (χ2v) is 14.4. The number of fused-ring (bicyclic) bond motifs is 3. The number of rotatable bonds is 6. The second-order valence-electron chi connectivity index (χ2n) is 12.4. The number of carbonyl (C=O) groups excluding carboxylic acids is 4. The first-order valence-corrected chi connectivity index (χ1v) is 15.0. The molecule has 1 saturated carbocycles. The van der Waals surface area contributed by atoms with E-state index in [0.717, 1.165) is 12.8 Å². The molecule has 0 heterocycles. The van der Waals surface area contributed by atoms with E-state index in [1.54, 1.807) is 40.0 Å². The molecule has 7 N–H and O–H groups in total. The Bertz CT molecular complexity index is 1560. The van der Waals surface area contributed by atoms with Crippen molar-refractivity contribution in [1.82, 2.24) is 4.90 Å². The largest absolute Gasteiger partial charge is 0.510 e. The van der Waals surface area contributed by atoms with Crippen molar-refractivity contribution in [3.8, 4) is 5.75 Å². The van der Waals surface area contributed by atoms with Crippen molar-refractivity contribution in [2.75, 3.05) is 38.4 Å². The summed E-state index contributed by atoms with van der Waals surface area (Å²) in [6.45, 7) is 1.71. The fourth-order valence-corrected chi connectivity index (χ4v) is 7.94. The first-order chi connectivity index (χ1) is 19.9. The summed E-state index contributed by atoms with van der Waals surface area (Å²) < 4.78 is -0.948. The van der Waals surface area contributed by atoms with Gasteiger partial charge in [-0.1, -0.05) is 27.5 Å². The number of anilines is 2. The number of aliphatic hydroxyl groups excluding tert-OH is 2. The highest BCUT2D eigenvalue weighted by molar-refractivity contribution is 9.10. The van der Waals surface area contributed by atoms with Gasteiger partial charge in [-0.25, -0.2) is 0 Å². The maximum absolute atomic E-state index is 14.2. The van der Waals surface area contributed by atoms with Crippen LogP contribution in [0.15, 0.2) is 22.7 Å². The molecule has 0 saturated heterocycles. The SMILES string of the molecule is CN(C)c1c(Cl)c(NC(=O)C(C)(Br)C2CC2)c(O)c2c1CC1CC3[C@H](N(C)C)C(O)=C(C(N)=O)C(=O)[C@@]3(O)C(O)=C1C2=O. The summed E-state index contributed by atoms with van der Waals surface area (Å²) >= 11 is 10.3. The molecule has 1 aromatic rings. The van der Waals surface area contributed by atoms with Gasteiger partial charge in [0.05, 0.1) is 22.3 Å². The van der Waals surface area contributed by atoms with E-state index in [1.807, 2.05) is 0 Å². The maximum Gasteiger partial charge on any atom is 0.255 e. The van der Waals surface area contributed by atoms with Gasteiger partial charge in [-0.05, 0) is 64.1 Å². The third-order valence-electron chi connectivity index (χ3n) is 9.28. The summed E-state index contributed by atoms with van der Waals surface area (Å²) in [5.74, 6) is -8.02. The van der Waals surface area contributed by atoms with Crippen molar-refractivity contribution < 1.29 is 39.6 Å². The van der Waals surface area contributed by atoms with Gasteiger partial charge in [0.1, 0.15) is 27.1 Å². The van der Waals surface area contributed by atoms with Crippen LogP contribution in [0.25, 0.3) is 0 Å². The number of alkyl halides is 1. The number of Topliss-reactive ketones (excluding diaryl/α,β-unsaturated/α-hetero) is 2. The van der Waals surface area contributed by atoms with Gasteiger partial charge in [0.25, 0.3) is 5.91 Å². The lowest BCUT2D eigenvalue weighted by atomic mass is 9.58. The van der Waals surface area contributed by atoms with E-state index in [4.69, 9.17) is 17.3 Å². The Hall–Kier alpha value is -3.13. The summed E-state index contributed by atoms with van der Waals surface area (Å²) in [5, 5.41) is 48.4. The molecule has 0 radical (unpaired) electrons. The minimum atomic E-state index is -2.75. The first kappa shape index (κ1) is 31.3. The quantitative estimate of drug-likeness (QED) is 0.147. The van der Waals surface area contributed by atoms with Crippen LogP contribution in [-0.2, 0) is 20.8 Å². The minimum Gasteiger partial charge on any atom is -0.510 e. The number of ketones is 2. The normalized spacial score (nSPS) is 28.3. The fraction of sp³-hybridized carbons (Fsp3) is 0.517. The highest BCUT2D eigenvalue weighted by atomic mass is 79.9. The molecule has 232 valence electrons. The van der Waals surface area contributed by atoms with Crippen LogP contribution in [0, 0.1) is 17.8 Å². The number of allylic oxidation sites excluding steroid dienone is 1. The Balaban J connectivity index is 1.70. The third kappa shape index (κ3) is 4.38. The molecule has 12 nitrogen and oxygen atoms in total. The molecule has 5 rings (SSSR count). The molecule has 4 aliphatic rings. The Morgan fingerprint density at radius 2 is 1.74 bits per heavy atom.